The molecular formula is C28H42O9. The van der Waals surface area contributed by atoms with Crippen molar-refractivity contribution < 1.29 is 44.5 Å². The van der Waals surface area contributed by atoms with Gasteiger partial charge in [-0.3, -0.25) is 0 Å². The number of esters is 1. The van der Waals surface area contributed by atoms with Crippen LogP contribution in [0.5, 0.6) is 0 Å². The summed E-state index contributed by atoms with van der Waals surface area (Å²) < 4.78 is 16.9. The lowest BCUT2D eigenvalue weighted by Gasteiger charge is -2.62. The number of carbonyl (C=O) groups excluding carboxylic acids is 1. The zero-order valence-electron chi connectivity index (χ0n) is 21.8. The highest BCUT2D eigenvalue weighted by Crippen LogP contribution is 2.68. The second-order valence-electron chi connectivity index (χ2n) is 13.0. The molecule has 0 bridgehead atoms. The Labute approximate surface area is 217 Å². The van der Waals surface area contributed by atoms with Gasteiger partial charge < -0.3 is 39.7 Å². The lowest BCUT2D eigenvalue weighted by molar-refractivity contribution is -0.313. The molecule has 9 heteroatoms. The van der Waals surface area contributed by atoms with Crippen LogP contribution in [0.1, 0.15) is 71.6 Å². The number of aliphatic hydroxyl groups is 5. The Morgan fingerprint density at radius 3 is 2.46 bits per heavy atom. The lowest BCUT2D eigenvalue weighted by Crippen LogP contribution is -2.64. The Kier molecular flexibility index (Phi) is 6.35. The average molecular weight is 523 g/mol. The van der Waals surface area contributed by atoms with Crippen molar-refractivity contribution in [2.75, 3.05) is 6.61 Å². The van der Waals surface area contributed by atoms with Crippen LogP contribution >= 0.6 is 0 Å². The van der Waals surface area contributed by atoms with Gasteiger partial charge in [0.15, 0.2) is 6.29 Å². The van der Waals surface area contributed by atoms with Gasteiger partial charge in [-0.2, -0.15) is 0 Å². The van der Waals surface area contributed by atoms with Crippen LogP contribution in [0.2, 0.25) is 0 Å². The molecule has 2 aliphatic heterocycles. The fourth-order valence-electron chi connectivity index (χ4n) is 9.43. The third kappa shape index (κ3) is 3.87. The van der Waals surface area contributed by atoms with E-state index in [9.17, 15) is 30.3 Å². The van der Waals surface area contributed by atoms with Crippen molar-refractivity contribution >= 4 is 5.97 Å². The molecule has 0 unspecified atom stereocenters. The average Bonchev–Trinajstić information content (AvgIpc) is 3.40. The van der Waals surface area contributed by atoms with Crippen molar-refractivity contribution in [1.82, 2.24) is 0 Å². The van der Waals surface area contributed by atoms with Gasteiger partial charge in [0.25, 0.3) is 0 Å². The SMILES string of the molecule is C[C@@H]1O[C@H](O[C@H]2CC[C@@H]3[C@H]4CC[C@]5(C)[C@@H](C6=CC(=O)OC6)CC[C@]5(O)[C@@H]4CC[C@]3(O)C2)[C@H](O)[C@H](O)[C@H]1O. The number of fused-ring (bicyclic) bond motifs is 5. The Bertz CT molecular complexity index is 954. The molecule has 0 radical (unpaired) electrons. The minimum absolute atomic E-state index is 0.0675. The molecule has 4 aliphatic carbocycles. The molecule has 13 atom stereocenters. The largest absolute Gasteiger partial charge is 0.458 e. The molecule has 0 amide bonds. The second kappa shape index (κ2) is 8.98. The van der Waals surface area contributed by atoms with Crippen molar-refractivity contribution in [3.05, 3.63) is 11.6 Å². The molecule has 0 aromatic rings. The summed E-state index contributed by atoms with van der Waals surface area (Å²) in [7, 11) is 0. The van der Waals surface area contributed by atoms with E-state index in [4.69, 9.17) is 14.2 Å². The summed E-state index contributed by atoms with van der Waals surface area (Å²) >= 11 is 0. The van der Waals surface area contributed by atoms with E-state index >= 15 is 0 Å². The summed E-state index contributed by atoms with van der Waals surface area (Å²) in [5, 5.41) is 54.6. The Balaban J connectivity index is 1.16. The van der Waals surface area contributed by atoms with Gasteiger partial charge in [0.1, 0.15) is 24.9 Å². The zero-order chi connectivity index (χ0) is 26.3. The van der Waals surface area contributed by atoms with Gasteiger partial charge in [0.05, 0.1) is 23.4 Å². The first-order valence-electron chi connectivity index (χ1n) is 14.1. The van der Waals surface area contributed by atoms with E-state index < -0.39 is 41.9 Å². The fraction of sp³-hybridized carbons (Fsp3) is 0.893. The van der Waals surface area contributed by atoms with Crippen LogP contribution in [-0.2, 0) is 19.0 Å². The van der Waals surface area contributed by atoms with Crippen LogP contribution in [0.15, 0.2) is 11.6 Å². The maximum atomic E-state index is 12.3. The van der Waals surface area contributed by atoms with E-state index in [1.165, 1.54) is 0 Å². The van der Waals surface area contributed by atoms with Gasteiger partial charge in [-0.25, -0.2) is 4.79 Å². The molecule has 9 nitrogen and oxygen atoms in total. The van der Waals surface area contributed by atoms with Gasteiger partial charge in [-0.05, 0) is 87.5 Å². The Morgan fingerprint density at radius 1 is 0.946 bits per heavy atom. The molecule has 2 heterocycles. The number of hydrogen-bond acceptors (Lipinski definition) is 9. The smallest absolute Gasteiger partial charge is 0.331 e. The van der Waals surface area contributed by atoms with Crippen LogP contribution in [0, 0.1) is 29.1 Å². The highest BCUT2D eigenvalue weighted by Gasteiger charge is 2.67. The molecule has 4 saturated carbocycles. The van der Waals surface area contributed by atoms with Gasteiger partial charge in [-0.15, -0.1) is 0 Å². The number of hydrogen-bond donors (Lipinski definition) is 5. The number of cyclic esters (lactones) is 1. The molecule has 1 saturated heterocycles. The Hall–Kier alpha value is -1.07. The highest BCUT2D eigenvalue weighted by atomic mass is 16.7. The van der Waals surface area contributed by atoms with E-state index in [0.29, 0.717) is 32.3 Å². The molecule has 0 spiro atoms. The molecule has 0 aromatic heterocycles. The first kappa shape index (κ1) is 26.2. The minimum atomic E-state index is -1.36. The maximum Gasteiger partial charge on any atom is 0.331 e. The third-order valence-electron chi connectivity index (χ3n) is 11.4. The van der Waals surface area contributed by atoms with Gasteiger partial charge in [0.2, 0.25) is 0 Å². The van der Waals surface area contributed by atoms with Crippen LogP contribution in [0.4, 0.5) is 0 Å². The molecule has 208 valence electrons. The van der Waals surface area contributed by atoms with E-state index in [1.807, 2.05) is 0 Å². The molecular weight excluding hydrogens is 480 g/mol. The number of aliphatic hydroxyl groups excluding tert-OH is 3. The molecule has 37 heavy (non-hydrogen) atoms. The molecule has 0 aromatic carbocycles. The van der Waals surface area contributed by atoms with E-state index in [0.717, 1.165) is 37.7 Å². The number of ether oxygens (including phenoxy) is 3. The topological polar surface area (TPSA) is 146 Å². The zero-order valence-corrected chi connectivity index (χ0v) is 21.8. The predicted molar refractivity (Wildman–Crippen MR) is 130 cm³/mol. The van der Waals surface area contributed by atoms with Crippen molar-refractivity contribution in [2.45, 2.75) is 120 Å². The molecule has 6 aliphatic rings. The summed E-state index contributed by atoms with van der Waals surface area (Å²) in [5.74, 6) is 0.265. The normalized spacial score (nSPS) is 55.6. The first-order chi connectivity index (χ1) is 17.5. The van der Waals surface area contributed by atoms with E-state index in [2.05, 4.69) is 6.92 Å². The monoisotopic (exact) mass is 522 g/mol. The van der Waals surface area contributed by atoms with Gasteiger partial charge in [-0.1, -0.05) is 6.92 Å². The lowest BCUT2D eigenvalue weighted by atomic mass is 9.46. The predicted octanol–water partition coefficient (Wildman–Crippen LogP) is 1.18. The molecule has 6 rings (SSSR count). The van der Waals surface area contributed by atoms with Crippen molar-refractivity contribution in [1.29, 1.82) is 0 Å². The highest BCUT2D eigenvalue weighted by molar-refractivity contribution is 5.85. The van der Waals surface area contributed by atoms with Crippen LogP contribution in [0.3, 0.4) is 0 Å². The van der Waals surface area contributed by atoms with E-state index in [1.54, 1.807) is 13.0 Å². The van der Waals surface area contributed by atoms with Crippen LogP contribution < -0.4 is 0 Å². The quantitative estimate of drug-likeness (QED) is 0.272. The second-order valence-corrected chi connectivity index (χ2v) is 13.0. The van der Waals surface area contributed by atoms with Crippen LogP contribution in [0.25, 0.3) is 0 Å². The minimum Gasteiger partial charge on any atom is -0.458 e. The van der Waals surface area contributed by atoms with Crippen LogP contribution in [-0.4, -0.2) is 86.1 Å². The summed E-state index contributed by atoms with van der Waals surface area (Å²) in [4.78, 5) is 11.7. The van der Waals surface area contributed by atoms with Gasteiger partial charge in [0, 0.05) is 17.9 Å². The molecule has 5 N–H and O–H groups in total. The summed E-state index contributed by atoms with van der Waals surface area (Å²) in [6.07, 6.45) is 2.24. The third-order valence-corrected chi connectivity index (χ3v) is 11.4. The van der Waals surface area contributed by atoms with Crippen molar-refractivity contribution in [3.63, 3.8) is 0 Å². The summed E-state index contributed by atoms with van der Waals surface area (Å²) in [6.45, 7) is 4.16. The number of carbonyl (C=O) groups is 1. The maximum absolute atomic E-state index is 12.3. The molecule has 5 fully saturated rings. The Morgan fingerprint density at radius 2 is 1.73 bits per heavy atom. The fourth-order valence-corrected chi connectivity index (χ4v) is 9.43. The number of rotatable bonds is 3. The standard InChI is InChI=1S/C28H42O9/c1-14-22(30)23(31)24(32)25(36-14)37-16-3-4-19-17-5-8-26(2)18(15-11-21(29)35-13-15)7-10-28(26,34)20(17)6-9-27(19,33)12-16/h11,14,16-20,22-25,30-34H,3-10,12-13H2,1-2H3/t14-,16-,17+,18+,19+,20+,22-,23+,24+,25+,26+,27-,28-/m0/s1. The van der Waals surface area contributed by atoms with Gasteiger partial charge >= 0.3 is 5.97 Å². The summed E-state index contributed by atoms with van der Waals surface area (Å²) in [6, 6.07) is 0. The first-order valence-corrected chi connectivity index (χ1v) is 14.1. The summed E-state index contributed by atoms with van der Waals surface area (Å²) in [5.41, 5.74) is -1.02. The van der Waals surface area contributed by atoms with Crippen molar-refractivity contribution in [2.24, 2.45) is 29.1 Å². The van der Waals surface area contributed by atoms with E-state index in [-0.39, 0.29) is 41.2 Å². The van der Waals surface area contributed by atoms with Crippen molar-refractivity contribution in [3.8, 4) is 0 Å².